The molecule has 1 aromatic heterocycles. The van der Waals surface area contributed by atoms with Crippen LogP contribution >= 0.6 is 23.2 Å². The first-order valence-electron chi connectivity index (χ1n) is 3.99. The Bertz CT molecular complexity index is 601. The molecular formula is C10H4Cl2O3. The predicted octanol–water partition coefficient (Wildman–Crippen LogP) is 2.91. The van der Waals surface area contributed by atoms with Crippen molar-refractivity contribution in [1.82, 2.24) is 0 Å². The number of aldehydes is 1. The second kappa shape index (κ2) is 3.68. The first kappa shape index (κ1) is 10.2. The Morgan fingerprint density at radius 2 is 1.87 bits per heavy atom. The van der Waals surface area contributed by atoms with E-state index in [9.17, 15) is 9.59 Å². The van der Waals surface area contributed by atoms with Crippen LogP contribution in [0.25, 0.3) is 11.0 Å². The van der Waals surface area contributed by atoms with E-state index in [1.165, 1.54) is 12.1 Å². The molecule has 1 heterocycles. The highest BCUT2D eigenvalue weighted by atomic mass is 35.5. The van der Waals surface area contributed by atoms with E-state index in [1.807, 2.05) is 0 Å². The normalized spacial score (nSPS) is 10.5. The minimum atomic E-state index is -0.412. The molecule has 0 spiro atoms. The summed E-state index contributed by atoms with van der Waals surface area (Å²) in [4.78, 5) is 22.1. The molecule has 0 amide bonds. The van der Waals surface area contributed by atoms with Gasteiger partial charge in [0, 0.05) is 6.07 Å². The molecule has 76 valence electrons. The highest BCUT2D eigenvalue weighted by molar-refractivity contribution is 6.42. The average Bonchev–Trinajstić information content (AvgIpc) is 2.22. The minimum absolute atomic E-state index is 0.0408. The highest BCUT2D eigenvalue weighted by Gasteiger charge is 2.09. The maximum absolute atomic E-state index is 11.6. The van der Waals surface area contributed by atoms with Gasteiger partial charge in [0.1, 0.15) is 11.8 Å². The van der Waals surface area contributed by atoms with Gasteiger partial charge in [-0.3, -0.25) is 9.59 Å². The zero-order valence-corrected chi connectivity index (χ0v) is 8.80. The molecule has 3 nitrogen and oxygen atoms in total. The number of fused-ring (bicyclic) bond motifs is 1. The second-order valence-corrected chi connectivity index (χ2v) is 3.71. The van der Waals surface area contributed by atoms with E-state index >= 15 is 0 Å². The van der Waals surface area contributed by atoms with E-state index in [2.05, 4.69) is 0 Å². The number of rotatable bonds is 1. The number of hydrogen-bond donors (Lipinski definition) is 0. The van der Waals surface area contributed by atoms with E-state index in [0.29, 0.717) is 16.9 Å². The first-order valence-corrected chi connectivity index (χ1v) is 4.75. The summed E-state index contributed by atoms with van der Waals surface area (Å²) in [5, 5.41) is 0.791. The van der Waals surface area contributed by atoms with Crippen LogP contribution in [0.1, 0.15) is 10.4 Å². The molecule has 0 N–H and O–H groups in total. The van der Waals surface area contributed by atoms with Crippen molar-refractivity contribution in [3.8, 4) is 0 Å². The molecule has 2 aromatic rings. The van der Waals surface area contributed by atoms with Crippen LogP contribution < -0.4 is 5.43 Å². The summed E-state index contributed by atoms with van der Waals surface area (Å²) in [6, 6.07) is 2.83. The summed E-state index contributed by atoms with van der Waals surface area (Å²) in [6.07, 6.45) is 1.54. The third kappa shape index (κ3) is 1.64. The van der Waals surface area contributed by atoms with Crippen molar-refractivity contribution in [2.45, 2.75) is 0 Å². The molecule has 0 atom stereocenters. The summed E-state index contributed by atoms with van der Waals surface area (Å²) < 4.78 is 5.08. The molecule has 0 aliphatic rings. The van der Waals surface area contributed by atoms with Crippen LogP contribution in [0.2, 0.25) is 10.0 Å². The van der Waals surface area contributed by atoms with Gasteiger partial charge in [0.2, 0.25) is 5.43 Å². The van der Waals surface area contributed by atoms with Crippen molar-refractivity contribution < 1.29 is 9.21 Å². The summed E-state index contributed by atoms with van der Waals surface area (Å²) >= 11 is 11.5. The van der Waals surface area contributed by atoms with Gasteiger partial charge in [-0.1, -0.05) is 23.2 Å². The maximum Gasteiger partial charge on any atom is 0.203 e. The molecule has 0 unspecified atom stereocenters. The zero-order chi connectivity index (χ0) is 11.0. The highest BCUT2D eigenvalue weighted by Crippen LogP contribution is 2.26. The summed E-state index contributed by atoms with van der Waals surface area (Å²) in [6.45, 7) is 0. The smallest absolute Gasteiger partial charge is 0.203 e. The fraction of sp³-hybridized carbons (Fsp3) is 0. The number of carbonyl (C=O) groups excluding carboxylic acids is 1. The van der Waals surface area contributed by atoms with E-state index < -0.39 is 5.43 Å². The van der Waals surface area contributed by atoms with Crippen molar-refractivity contribution in [2.75, 3.05) is 0 Å². The molecule has 1 aromatic carbocycles. The quantitative estimate of drug-likeness (QED) is 0.723. The summed E-state index contributed by atoms with van der Waals surface area (Å²) in [7, 11) is 0. The topological polar surface area (TPSA) is 47.3 Å². The van der Waals surface area contributed by atoms with Gasteiger partial charge in [-0.25, -0.2) is 0 Å². The van der Waals surface area contributed by atoms with Gasteiger partial charge in [-0.05, 0) is 6.07 Å². The largest absolute Gasteiger partial charge is 0.463 e. The molecule has 0 radical (unpaired) electrons. The van der Waals surface area contributed by atoms with Crippen LogP contribution in [0, 0.1) is 0 Å². The molecule has 5 heteroatoms. The Kier molecular flexibility index (Phi) is 2.50. The average molecular weight is 243 g/mol. The van der Waals surface area contributed by atoms with Crippen molar-refractivity contribution in [3.05, 3.63) is 44.2 Å². The predicted molar refractivity (Wildman–Crippen MR) is 57.9 cm³/mol. The Morgan fingerprint density at radius 3 is 2.53 bits per heavy atom. The van der Waals surface area contributed by atoms with Gasteiger partial charge < -0.3 is 4.42 Å². The molecule has 0 bridgehead atoms. The van der Waals surface area contributed by atoms with Crippen LogP contribution in [0.5, 0.6) is 0 Å². The van der Waals surface area contributed by atoms with E-state index in [-0.39, 0.29) is 16.0 Å². The molecule has 0 aliphatic heterocycles. The third-order valence-corrected chi connectivity index (χ3v) is 2.69. The molecule has 2 rings (SSSR count). The lowest BCUT2D eigenvalue weighted by Gasteiger charge is -1.99. The molecular weight excluding hydrogens is 239 g/mol. The van der Waals surface area contributed by atoms with Crippen molar-refractivity contribution in [1.29, 1.82) is 0 Å². The summed E-state index contributed by atoms with van der Waals surface area (Å²) in [5.41, 5.74) is -0.147. The monoisotopic (exact) mass is 242 g/mol. The van der Waals surface area contributed by atoms with Crippen molar-refractivity contribution in [2.24, 2.45) is 0 Å². The number of carbonyl (C=O) groups is 1. The first-order chi connectivity index (χ1) is 7.13. The number of halogens is 2. The second-order valence-electron chi connectivity index (χ2n) is 2.90. The summed E-state index contributed by atoms with van der Waals surface area (Å²) in [5.74, 6) is 0. The van der Waals surface area contributed by atoms with Crippen LogP contribution in [0.3, 0.4) is 0 Å². The fourth-order valence-corrected chi connectivity index (χ4v) is 1.54. The molecule has 0 saturated heterocycles. The van der Waals surface area contributed by atoms with Crippen LogP contribution in [0.15, 0.2) is 27.6 Å². The van der Waals surface area contributed by atoms with E-state index in [0.717, 1.165) is 6.26 Å². The number of hydrogen-bond acceptors (Lipinski definition) is 3. The van der Waals surface area contributed by atoms with Gasteiger partial charge in [0.25, 0.3) is 0 Å². The standard InChI is InChI=1S/C10H4Cl2O3/c11-7-1-6-9(2-8(7)12)15-4-5(3-13)10(6)14/h1-4H. The third-order valence-electron chi connectivity index (χ3n) is 1.97. The lowest BCUT2D eigenvalue weighted by molar-refractivity contribution is 0.112. The molecule has 15 heavy (non-hydrogen) atoms. The van der Waals surface area contributed by atoms with Crippen molar-refractivity contribution >= 4 is 40.5 Å². The van der Waals surface area contributed by atoms with Crippen LogP contribution in [-0.2, 0) is 0 Å². The maximum atomic E-state index is 11.6. The van der Waals surface area contributed by atoms with Crippen LogP contribution in [0.4, 0.5) is 0 Å². The van der Waals surface area contributed by atoms with Gasteiger partial charge in [-0.2, -0.15) is 0 Å². The Morgan fingerprint density at radius 1 is 1.20 bits per heavy atom. The minimum Gasteiger partial charge on any atom is -0.463 e. The number of benzene rings is 1. The fourth-order valence-electron chi connectivity index (χ4n) is 1.22. The van der Waals surface area contributed by atoms with Crippen LogP contribution in [-0.4, -0.2) is 6.29 Å². The van der Waals surface area contributed by atoms with Crippen molar-refractivity contribution in [3.63, 3.8) is 0 Å². The van der Waals surface area contributed by atoms with Gasteiger partial charge in [0.05, 0.1) is 21.0 Å². The Balaban J connectivity index is 2.94. The lowest BCUT2D eigenvalue weighted by Crippen LogP contribution is -2.07. The van der Waals surface area contributed by atoms with E-state index in [1.54, 1.807) is 0 Å². The Labute approximate surface area is 94.2 Å². The molecule has 0 fully saturated rings. The SMILES string of the molecule is O=Cc1coc2cc(Cl)c(Cl)cc2c1=O. The van der Waals surface area contributed by atoms with Gasteiger partial charge in [0.15, 0.2) is 6.29 Å². The van der Waals surface area contributed by atoms with E-state index in [4.69, 9.17) is 27.6 Å². The zero-order valence-electron chi connectivity index (χ0n) is 7.29. The molecule has 0 saturated carbocycles. The van der Waals surface area contributed by atoms with Gasteiger partial charge in [-0.15, -0.1) is 0 Å². The Hall–Kier alpha value is -1.32. The van der Waals surface area contributed by atoms with Gasteiger partial charge >= 0.3 is 0 Å². The molecule has 0 aliphatic carbocycles. The lowest BCUT2D eigenvalue weighted by atomic mass is 10.2.